The van der Waals surface area contributed by atoms with E-state index in [1.165, 1.54) is 4.88 Å². The standard InChI is InChI=1S/C16H22N2O3S/c1-11(19)18-10-12(9-15-14(18)5-7-21-15)16(20)17-6-4-13-3-2-8-22-13/h2-3,8,12,14-15H,4-7,9-10H2,1H3,(H,17,20)/t12-,14-,15-/m1/s1. The number of hydrogen-bond donors (Lipinski definition) is 1. The van der Waals surface area contributed by atoms with Crippen molar-refractivity contribution in [1.82, 2.24) is 10.2 Å². The molecule has 0 aliphatic carbocycles. The number of fused-ring (bicyclic) bond motifs is 1. The van der Waals surface area contributed by atoms with E-state index in [1.54, 1.807) is 18.3 Å². The highest BCUT2D eigenvalue weighted by Gasteiger charge is 2.43. The number of nitrogens with one attached hydrogen (secondary N) is 1. The van der Waals surface area contributed by atoms with E-state index in [1.807, 2.05) is 16.3 Å². The number of hydrogen-bond acceptors (Lipinski definition) is 4. The third kappa shape index (κ3) is 3.33. The van der Waals surface area contributed by atoms with Gasteiger partial charge in [0.1, 0.15) is 0 Å². The number of nitrogens with zero attached hydrogens (tertiary/aromatic N) is 1. The number of carbonyl (C=O) groups is 2. The molecule has 0 aromatic carbocycles. The molecule has 1 N–H and O–H groups in total. The third-order valence-corrected chi connectivity index (χ3v) is 5.47. The Morgan fingerprint density at radius 2 is 2.36 bits per heavy atom. The van der Waals surface area contributed by atoms with Crippen LogP contribution in [0.25, 0.3) is 0 Å². The summed E-state index contributed by atoms with van der Waals surface area (Å²) < 4.78 is 5.71. The normalized spacial score (nSPS) is 27.5. The van der Waals surface area contributed by atoms with Gasteiger partial charge in [0, 0.05) is 31.5 Å². The average molecular weight is 322 g/mol. The summed E-state index contributed by atoms with van der Waals surface area (Å²) in [4.78, 5) is 27.3. The van der Waals surface area contributed by atoms with Crippen LogP contribution in [0.2, 0.25) is 0 Å². The average Bonchev–Trinajstić information content (AvgIpc) is 3.16. The summed E-state index contributed by atoms with van der Waals surface area (Å²) in [7, 11) is 0. The minimum atomic E-state index is -0.161. The number of ether oxygens (including phenoxy) is 1. The molecular weight excluding hydrogens is 300 g/mol. The number of amides is 2. The predicted octanol–water partition coefficient (Wildman–Crippen LogP) is 1.43. The first kappa shape index (κ1) is 15.5. The lowest BCUT2D eigenvalue weighted by Crippen LogP contribution is -2.54. The molecule has 120 valence electrons. The van der Waals surface area contributed by atoms with Gasteiger partial charge in [-0.15, -0.1) is 11.3 Å². The molecule has 0 radical (unpaired) electrons. The number of thiophene rings is 1. The van der Waals surface area contributed by atoms with Crippen molar-refractivity contribution in [3.05, 3.63) is 22.4 Å². The fourth-order valence-electron chi connectivity index (χ4n) is 3.41. The van der Waals surface area contributed by atoms with Gasteiger partial charge in [-0.3, -0.25) is 9.59 Å². The second kappa shape index (κ2) is 6.79. The van der Waals surface area contributed by atoms with E-state index in [-0.39, 0.29) is 29.9 Å². The molecule has 3 rings (SSSR count). The first-order chi connectivity index (χ1) is 10.6. The van der Waals surface area contributed by atoms with E-state index in [9.17, 15) is 9.59 Å². The van der Waals surface area contributed by atoms with Gasteiger partial charge >= 0.3 is 0 Å². The topological polar surface area (TPSA) is 58.6 Å². The number of likely N-dealkylation sites (tertiary alicyclic amines) is 1. The van der Waals surface area contributed by atoms with E-state index < -0.39 is 0 Å². The van der Waals surface area contributed by atoms with E-state index >= 15 is 0 Å². The molecule has 2 amide bonds. The second-order valence-corrected chi connectivity index (χ2v) is 7.02. The van der Waals surface area contributed by atoms with Crippen LogP contribution in [0, 0.1) is 5.92 Å². The highest BCUT2D eigenvalue weighted by atomic mass is 32.1. The van der Waals surface area contributed by atoms with Crippen LogP contribution in [0.1, 0.15) is 24.6 Å². The molecule has 0 bridgehead atoms. The van der Waals surface area contributed by atoms with Gasteiger partial charge in [0.25, 0.3) is 0 Å². The van der Waals surface area contributed by atoms with Crippen LogP contribution in [0.5, 0.6) is 0 Å². The number of rotatable bonds is 4. The van der Waals surface area contributed by atoms with Gasteiger partial charge in [-0.1, -0.05) is 6.07 Å². The molecule has 1 aromatic rings. The van der Waals surface area contributed by atoms with Crippen LogP contribution >= 0.6 is 11.3 Å². The maximum Gasteiger partial charge on any atom is 0.225 e. The first-order valence-electron chi connectivity index (χ1n) is 7.84. The molecule has 0 unspecified atom stereocenters. The van der Waals surface area contributed by atoms with E-state index in [4.69, 9.17) is 4.74 Å². The molecule has 3 atom stereocenters. The molecule has 22 heavy (non-hydrogen) atoms. The van der Waals surface area contributed by atoms with Crippen LogP contribution in [0.4, 0.5) is 0 Å². The molecule has 2 saturated heterocycles. The van der Waals surface area contributed by atoms with E-state index in [0.29, 0.717) is 19.7 Å². The van der Waals surface area contributed by atoms with E-state index in [2.05, 4.69) is 11.4 Å². The summed E-state index contributed by atoms with van der Waals surface area (Å²) in [6.07, 6.45) is 2.48. The van der Waals surface area contributed by atoms with Crippen molar-refractivity contribution in [2.75, 3.05) is 19.7 Å². The van der Waals surface area contributed by atoms with Gasteiger partial charge < -0.3 is 15.0 Å². The Morgan fingerprint density at radius 3 is 3.09 bits per heavy atom. The third-order valence-electron chi connectivity index (χ3n) is 4.53. The van der Waals surface area contributed by atoms with Crippen LogP contribution in [-0.4, -0.2) is 48.6 Å². The summed E-state index contributed by atoms with van der Waals surface area (Å²) in [6, 6.07) is 4.25. The van der Waals surface area contributed by atoms with Gasteiger partial charge in [-0.2, -0.15) is 0 Å². The zero-order valence-corrected chi connectivity index (χ0v) is 13.6. The molecule has 2 aliphatic rings. The van der Waals surface area contributed by atoms with Gasteiger partial charge in [-0.05, 0) is 30.7 Å². The van der Waals surface area contributed by atoms with Gasteiger partial charge in [-0.25, -0.2) is 0 Å². The van der Waals surface area contributed by atoms with Crippen molar-refractivity contribution in [1.29, 1.82) is 0 Å². The maximum absolute atomic E-state index is 12.4. The highest BCUT2D eigenvalue weighted by molar-refractivity contribution is 7.09. The molecule has 0 saturated carbocycles. The maximum atomic E-state index is 12.4. The lowest BCUT2D eigenvalue weighted by molar-refractivity contribution is -0.140. The van der Waals surface area contributed by atoms with Crippen molar-refractivity contribution >= 4 is 23.2 Å². The Balaban J connectivity index is 1.54. The summed E-state index contributed by atoms with van der Waals surface area (Å²) in [6.45, 7) is 3.42. The van der Waals surface area contributed by atoms with Gasteiger partial charge in [0.15, 0.2) is 0 Å². The Labute approximate surface area is 134 Å². The summed E-state index contributed by atoms with van der Waals surface area (Å²) in [5.41, 5.74) is 0. The largest absolute Gasteiger partial charge is 0.376 e. The van der Waals surface area contributed by atoms with Crippen molar-refractivity contribution in [2.24, 2.45) is 5.92 Å². The van der Waals surface area contributed by atoms with Gasteiger partial charge in [0.2, 0.25) is 11.8 Å². The zero-order valence-electron chi connectivity index (χ0n) is 12.8. The SMILES string of the molecule is CC(=O)N1C[C@H](C(=O)NCCc2cccs2)C[C@H]2OCC[C@H]21. The molecule has 5 nitrogen and oxygen atoms in total. The molecule has 2 fully saturated rings. The Bertz CT molecular complexity index is 532. The lowest BCUT2D eigenvalue weighted by atomic mass is 9.89. The molecule has 0 spiro atoms. The van der Waals surface area contributed by atoms with Crippen molar-refractivity contribution < 1.29 is 14.3 Å². The molecule has 1 aromatic heterocycles. The lowest BCUT2D eigenvalue weighted by Gasteiger charge is -2.39. The Morgan fingerprint density at radius 1 is 1.50 bits per heavy atom. The fraction of sp³-hybridized carbons (Fsp3) is 0.625. The summed E-state index contributed by atoms with van der Waals surface area (Å²) in [5.74, 6) is -0.0834. The fourth-order valence-corrected chi connectivity index (χ4v) is 4.12. The van der Waals surface area contributed by atoms with Crippen molar-refractivity contribution in [3.63, 3.8) is 0 Å². The summed E-state index contributed by atoms with van der Waals surface area (Å²) in [5, 5.41) is 5.05. The number of piperidine rings is 1. The molecule has 2 aliphatic heterocycles. The smallest absolute Gasteiger partial charge is 0.225 e. The number of carbonyl (C=O) groups excluding carboxylic acids is 2. The van der Waals surface area contributed by atoms with Crippen LogP contribution in [0.3, 0.4) is 0 Å². The van der Waals surface area contributed by atoms with Gasteiger partial charge in [0.05, 0.1) is 18.1 Å². The van der Waals surface area contributed by atoms with Crippen LogP contribution in [-0.2, 0) is 20.7 Å². The zero-order chi connectivity index (χ0) is 15.5. The predicted molar refractivity (Wildman–Crippen MR) is 84.7 cm³/mol. The van der Waals surface area contributed by atoms with Crippen LogP contribution < -0.4 is 5.32 Å². The summed E-state index contributed by atoms with van der Waals surface area (Å²) >= 11 is 1.70. The second-order valence-electron chi connectivity index (χ2n) is 5.99. The quantitative estimate of drug-likeness (QED) is 0.912. The Kier molecular flexibility index (Phi) is 4.78. The molecule has 3 heterocycles. The highest BCUT2D eigenvalue weighted by Crippen LogP contribution is 2.31. The first-order valence-corrected chi connectivity index (χ1v) is 8.72. The minimum Gasteiger partial charge on any atom is -0.376 e. The molecular formula is C16H22N2O3S. The minimum absolute atomic E-state index is 0.0192. The van der Waals surface area contributed by atoms with Crippen LogP contribution in [0.15, 0.2) is 17.5 Å². The van der Waals surface area contributed by atoms with Crippen molar-refractivity contribution in [3.8, 4) is 0 Å². The Hall–Kier alpha value is -1.40. The molecule has 6 heteroatoms. The monoisotopic (exact) mass is 322 g/mol. The van der Waals surface area contributed by atoms with Crippen molar-refractivity contribution in [2.45, 2.75) is 38.3 Å². The van der Waals surface area contributed by atoms with E-state index in [0.717, 1.165) is 19.3 Å².